The first-order valence-electron chi connectivity index (χ1n) is 13.5. The molecular weight excluding hydrogens is 500 g/mol. The van der Waals surface area contributed by atoms with E-state index in [-0.39, 0.29) is 30.4 Å². The highest BCUT2D eigenvalue weighted by Crippen LogP contribution is 2.25. The maximum Gasteiger partial charge on any atom is 0.407 e. The van der Waals surface area contributed by atoms with Crippen molar-refractivity contribution in [3.05, 3.63) is 41.6 Å². The zero-order chi connectivity index (χ0) is 27.5. The second-order valence-corrected chi connectivity index (χ2v) is 10.7. The molecule has 2 aliphatic rings. The van der Waals surface area contributed by atoms with E-state index in [1.54, 1.807) is 4.52 Å². The largest absolute Gasteiger partial charge is 0.465 e. The number of carbonyl (C=O) groups excluding carboxylic acids is 1. The summed E-state index contributed by atoms with van der Waals surface area (Å²) in [6, 6.07) is 7.90. The third kappa shape index (κ3) is 6.22. The lowest BCUT2D eigenvalue weighted by molar-refractivity contribution is -0.119. The van der Waals surface area contributed by atoms with E-state index >= 15 is 0 Å². The summed E-state index contributed by atoms with van der Waals surface area (Å²) in [4.78, 5) is 36.8. The van der Waals surface area contributed by atoms with Gasteiger partial charge in [-0.3, -0.25) is 4.79 Å². The second kappa shape index (κ2) is 11.4. The van der Waals surface area contributed by atoms with Crippen LogP contribution in [0.15, 0.2) is 30.5 Å². The lowest BCUT2D eigenvalue weighted by atomic mass is 10.1. The van der Waals surface area contributed by atoms with Crippen LogP contribution in [-0.2, 0) is 11.3 Å². The fraction of sp³-hybridized carbons (Fsp3) is 0.519. The van der Waals surface area contributed by atoms with Crippen molar-refractivity contribution in [2.45, 2.75) is 51.7 Å². The maximum atomic E-state index is 12.7. The SMILES string of the molecule is CC(C)c1cnn2c(NCc3cccc(NC(=O)C4CCN(C(=O)O)C4)c3)nc(OC3CCN(C)CC3)nc12. The molecule has 2 aromatic heterocycles. The molecule has 2 aliphatic heterocycles. The molecule has 0 spiro atoms. The predicted octanol–water partition coefficient (Wildman–Crippen LogP) is 3.27. The van der Waals surface area contributed by atoms with Gasteiger partial charge in [0.25, 0.3) is 0 Å². The lowest BCUT2D eigenvalue weighted by Crippen LogP contribution is -2.36. The Morgan fingerprint density at radius 3 is 2.67 bits per heavy atom. The molecule has 0 bridgehead atoms. The number of rotatable bonds is 8. The third-order valence-electron chi connectivity index (χ3n) is 7.41. The van der Waals surface area contributed by atoms with Crippen molar-refractivity contribution in [1.29, 1.82) is 0 Å². The average molecular weight is 537 g/mol. The highest BCUT2D eigenvalue weighted by molar-refractivity contribution is 5.93. The summed E-state index contributed by atoms with van der Waals surface area (Å²) in [5, 5.41) is 20.0. The summed E-state index contributed by atoms with van der Waals surface area (Å²) >= 11 is 0. The highest BCUT2D eigenvalue weighted by atomic mass is 16.5. The number of carboxylic acid groups (broad SMARTS) is 1. The predicted molar refractivity (Wildman–Crippen MR) is 146 cm³/mol. The van der Waals surface area contributed by atoms with Gasteiger partial charge >= 0.3 is 12.1 Å². The summed E-state index contributed by atoms with van der Waals surface area (Å²) in [6.45, 7) is 7.20. The highest BCUT2D eigenvalue weighted by Gasteiger charge is 2.31. The van der Waals surface area contributed by atoms with E-state index in [0.717, 1.165) is 42.7 Å². The Hall–Kier alpha value is -3.93. The normalized spacial score (nSPS) is 18.6. The first-order chi connectivity index (χ1) is 18.8. The number of amides is 2. The molecule has 2 fully saturated rings. The van der Waals surface area contributed by atoms with Gasteiger partial charge in [-0.15, -0.1) is 0 Å². The van der Waals surface area contributed by atoms with Gasteiger partial charge in [0.1, 0.15) is 6.10 Å². The lowest BCUT2D eigenvalue weighted by Gasteiger charge is -2.28. The molecule has 12 heteroatoms. The summed E-state index contributed by atoms with van der Waals surface area (Å²) in [5.41, 5.74) is 3.34. The van der Waals surface area contributed by atoms with Crippen LogP contribution in [-0.4, -0.2) is 85.8 Å². The molecule has 5 rings (SSSR count). The Labute approximate surface area is 227 Å². The Morgan fingerprint density at radius 2 is 1.95 bits per heavy atom. The number of likely N-dealkylation sites (tertiary alicyclic amines) is 2. The zero-order valence-corrected chi connectivity index (χ0v) is 22.6. The molecule has 39 heavy (non-hydrogen) atoms. The van der Waals surface area contributed by atoms with Crippen LogP contribution >= 0.6 is 0 Å². The van der Waals surface area contributed by atoms with E-state index in [0.29, 0.717) is 37.2 Å². The molecule has 0 radical (unpaired) electrons. The smallest absolute Gasteiger partial charge is 0.407 e. The minimum atomic E-state index is -0.991. The van der Waals surface area contributed by atoms with Crippen LogP contribution in [0.4, 0.5) is 16.4 Å². The number of piperidine rings is 1. The quantitative estimate of drug-likeness (QED) is 0.396. The van der Waals surface area contributed by atoms with E-state index in [4.69, 9.17) is 14.8 Å². The minimum Gasteiger partial charge on any atom is -0.465 e. The molecular formula is C27H36N8O4. The maximum absolute atomic E-state index is 12.7. The topological polar surface area (TPSA) is 137 Å². The number of nitrogens with one attached hydrogen (secondary N) is 2. The Kier molecular flexibility index (Phi) is 7.82. The van der Waals surface area contributed by atoms with Gasteiger partial charge in [-0.1, -0.05) is 26.0 Å². The minimum absolute atomic E-state index is 0.0738. The van der Waals surface area contributed by atoms with E-state index in [9.17, 15) is 9.59 Å². The number of benzene rings is 1. The average Bonchev–Trinajstić information content (AvgIpc) is 3.57. The molecule has 4 heterocycles. The third-order valence-corrected chi connectivity index (χ3v) is 7.41. The van der Waals surface area contributed by atoms with Crippen molar-refractivity contribution in [3.63, 3.8) is 0 Å². The Balaban J connectivity index is 1.29. The number of hydrogen-bond acceptors (Lipinski definition) is 8. The first kappa shape index (κ1) is 26.7. The van der Waals surface area contributed by atoms with Crippen molar-refractivity contribution in [2.24, 2.45) is 5.92 Å². The van der Waals surface area contributed by atoms with Gasteiger partial charge in [-0.2, -0.15) is 19.6 Å². The van der Waals surface area contributed by atoms with Crippen molar-refractivity contribution in [3.8, 4) is 6.01 Å². The monoisotopic (exact) mass is 536 g/mol. The summed E-state index contributed by atoms with van der Waals surface area (Å²) in [6.07, 6.45) is 3.28. The van der Waals surface area contributed by atoms with E-state index in [2.05, 4.69) is 46.5 Å². The zero-order valence-electron chi connectivity index (χ0n) is 22.6. The number of ether oxygens (including phenoxy) is 1. The van der Waals surface area contributed by atoms with Crippen LogP contribution in [0.2, 0.25) is 0 Å². The summed E-state index contributed by atoms with van der Waals surface area (Å²) < 4.78 is 7.93. The van der Waals surface area contributed by atoms with Crippen LogP contribution in [0.5, 0.6) is 6.01 Å². The molecule has 1 aromatic carbocycles. The van der Waals surface area contributed by atoms with Gasteiger partial charge in [-0.05, 0) is 49.9 Å². The summed E-state index contributed by atoms with van der Waals surface area (Å²) in [5.74, 6) is 0.248. The van der Waals surface area contributed by atoms with E-state index < -0.39 is 6.09 Å². The molecule has 2 saturated heterocycles. The van der Waals surface area contributed by atoms with Crippen LogP contribution < -0.4 is 15.4 Å². The second-order valence-electron chi connectivity index (χ2n) is 10.7. The fourth-order valence-corrected chi connectivity index (χ4v) is 5.03. The van der Waals surface area contributed by atoms with Gasteiger partial charge in [0.2, 0.25) is 11.9 Å². The fourth-order valence-electron chi connectivity index (χ4n) is 5.03. The van der Waals surface area contributed by atoms with Gasteiger partial charge in [0.15, 0.2) is 5.65 Å². The molecule has 3 N–H and O–H groups in total. The van der Waals surface area contributed by atoms with Crippen LogP contribution in [0, 0.1) is 5.92 Å². The van der Waals surface area contributed by atoms with Crippen LogP contribution in [0.25, 0.3) is 5.65 Å². The molecule has 208 valence electrons. The van der Waals surface area contributed by atoms with Crippen molar-refractivity contribution >= 4 is 29.3 Å². The van der Waals surface area contributed by atoms with E-state index in [1.807, 2.05) is 30.5 Å². The van der Waals surface area contributed by atoms with Crippen molar-refractivity contribution in [2.75, 3.05) is 43.9 Å². The first-order valence-corrected chi connectivity index (χ1v) is 13.5. The van der Waals surface area contributed by atoms with Gasteiger partial charge in [-0.25, -0.2) is 4.79 Å². The molecule has 1 unspecified atom stereocenters. The number of anilines is 2. The van der Waals surface area contributed by atoms with Gasteiger partial charge in [0.05, 0.1) is 12.1 Å². The Morgan fingerprint density at radius 1 is 1.15 bits per heavy atom. The van der Waals surface area contributed by atoms with Gasteiger partial charge < -0.3 is 30.3 Å². The number of fused-ring (bicyclic) bond motifs is 1. The molecule has 0 saturated carbocycles. The number of carbonyl (C=O) groups is 2. The number of nitrogens with zero attached hydrogens (tertiary/aromatic N) is 6. The van der Waals surface area contributed by atoms with Crippen LogP contribution in [0.3, 0.4) is 0 Å². The van der Waals surface area contributed by atoms with Crippen LogP contribution in [0.1, 0.15) is 50.2 Å². The Bertz CT molecular complexity index is 1330. The number of hydrogen-bond donors (Lipinski definition) is 3. The molecule has 3 aromatic rings. The van der Waals surface area contributed by atoms with Crippen molar-refractivity contribution in [1.82, 2.24) is 29.4 Å². The molecule has 1 atom stereocenters. The molecule has 0 aliphatic carbocycles. The van der Waals surface area contributed by atoms with Crippen molar-refractivity contribution < 1.29 is 19.4 Å². The standard InChI is InChI=1S/C27H36N8O4/c1-17(2)22-15-29-35-23(22)31-26(39-21-8-10-33(3)11-9-21)32-25(35)28-14-18-5-4-6-20(13-18)30-24(36)19-7-12-34(16-19)27(37)38/h4-6,13,15,17,19,21H,7-12,14,16H2,1-3H3,(H,30,36)(H,37,38)(H,28,31,32). The van der Waals surface area contributed by atoms with Gasteiger partial charge in [0, 0.05) is 44.0 Å². The van der Waals surface area contributed by atoms with E-state index in [1.165, 1.54) is 4.90 Å². The molecule has 2 amide bonds. The molecule has 12 nitrogen and oxygen atoms in total. The summed E-state index contributed by atoms with van der Waals surface area (Å²) in [7, 11) is 2.12. The number of aromatic nitrogens is 4.